The molecular formula is C17H14O8. The van der Waals surface area contributed by atoms with Crippen LogP contribution in [0.3, 0.4) is 0 Å². The average molecular weight is 346 g/mol. The van der Waals surface area contributed by atoms with E-state index in [1.165, 1.54) is 26.4 Å². The third kappa shape index (κ3) is 2.30. The number of carbonyl (C=O) groups excluding carboxylic acids is 1. The summed E-state index contributed by atoms with van der Waals surface area (Å²) < 4.78 is 20.3. The van der Waals surface area contributed by atoms with Crippen LogP contribution in [0.15, 0.2) is 27.4 Å². The zero-order valence-corrected chi connectivity index (χ0v) is 13.6. The number of fused-ring (bicyclic) bond motifs is 2. The number of hydrogen-bond donors (Lipinski definition) is 2. The van der Waals surface area contributed by atoms with Crippen LogP contribution in [0.5, 0.6) is 23.0 Å². The van der Waals surface area contributed by atoms with Crippen LogP contribution >= 0.6 is 0 Å². The third-order valence-corrected chi connectivity index (χ3v) is 3.81. The SMILES string of the molecule is COC(=O)c1c(OC)c(O)cc2oc3ccc(OC)c(O)c3c(=O)c12. The molecule has 0 saturated carbocycles. The number of ether oxygens (including phenoxy) is 3. The Bertz CT molecular complexity index is 1060. The number of phenols is 2. The summed E-state index contributed by atoms with van der Waals surface area (Å²) in [5.74, 6) is -1.86. The first-order chi connectivity index (χ1) is 11.9. The van der Waals surface area contributed by atoms with Crippen molar-refractivity contribution < 1.29 is 33.6 Å². The van der Waals surface area contributed by atoms with Crippen molar-refractivity contribution in [1.82, 2.24) is 0 Å². The lowest BCUT2D eigenvalue weighted by Crippen LogP contribution is -2.12. The van der Waals surface area contributed by atoms with Gasteiger partial charge in [0.2, 0.25) is 5.43 Å². The highest BCUT2D eigenvalue weighted by molar-refractivity contribution is 6.09. The van der Waals surface area contributed by atoms with Crippen LogP contribution in [0, 0.1) is 0 Å². The zero-order valence-electron chi connectivity index (χ0n) is 13.6. The molecule has 130 valence electrons. The summed E-state index contributed by atoms with van der Waals surface area (Å²) in [6, 6.07) is 4.02. The van der Waals surface area contributed by atoms with Crippen molar-refractivity contribution >= 4 is 27.9 Å². The van der Waals surface area contributed by atoms with Crippen molar-refractivity contribution in [3.05, 3.63) is 34.0 Å². The first-order valence-electron chi connectivity index (χ1n) is 7.09. The van der Waals surface area contributed by atoms with Crippen molar-refractivity contribution in [1.29, 1.82) is 0 Å². The summed E-state index contributed by atoms with van der Waals surface area (Å²) in [4.78, 5) is 25.2. The van der Waals surface area contributed by atoms with Crippen molar-refractivity contribution in [3.8, 4) is 23.0 Å². The molecule has 3 aromatic rings. The van der Waals surface area contributed by atoms with E-state index in [2.05, 4.69) is 4.74 Å². The first kappa shape index (κ1) is 16.4. The lowest BCUT2D eigenvalue weighted by molar-refractivity contribution is 0.0598. The first-order valence-corrected chi connectivity index (χ1v) is 7.09. The van der Waals surface area contributed by atoms with E-state index in [4.69, 9.17) is 13.9 Å². The van der Waals surface area contributed by atoms with Gasteiger partial charge in [-0.05, 0) is 12.1 Å². The molecule has 0 saturated heterocycles. The monoisotopic (exact) mass is 346 g/mol. The summed E-state index contributed by atoms with van der Waals surface area (Å²) in [5, 5.41) is 20.0. The lowest BCUT2D eigenvalue weighted by Gasteiger charge is -2.13. The molecule has 0 aliphatic carbocycles. The summed E-state index contributed by atoms with van der Waals surface area (Å²) >= 11 is 0. The van der Waals surface area contributed by atoms with Gasteiger partial charge in [0.15, 0.2) is 23.0 Å². The van der Waals surface area contributed by atoms with Crippen molar-refractivity contribution in [2.24, 2.45) is 0 Å². The molecule has 0 bridgehead atoms. The summed E-state index contributed by atoms with van der Waals surface area (Å²) in [5.41, 5.74) is -0.971. The predicted octanol–water partition coefficient (Wildman–Crippen LogP) is 2.16. The predicted molar refractivity (Wildman–Crippen MR) is 87.8 cm³/mol. The molecule has 0 unspecified atom stereocenters. The highest BCUT2D eigenvalue weighted by atomic mass is 16.5. The van der Waals surface area contributed by atoms with E-state index in [0.29, 0.717) is 0 Å². The molecule has 0 aliphatic rings. The smallest absolute Gasteiger partial charge is 0.342 e. The van der Waals surface area contributed by atoms with Crippen molar-refractivity contribution in [2.45, 2.75) is 0 Å². The van der Waals surface area contributed by atoms with E-state index in [9.17, 15) is 19.8 Å². The van der Waals surface area contributed by atoms with Crippen LogP contribution in [0.4, 0.5) is 0 Å². The number of phenolic OH excluding ortho intramolecular Hbond substituents is 2. The fourth-order valence-electron chi connectivity index (χ4n) is 2.70. The molecule has 0 aliphatic heterocycles. The van der Waals surface area contributed by atoms with Crippen LogP contribution in [0.1, 0.15) is 10.4 Å². The second-order valence-electron chi connectivity index (χ2n) is 5.09. The van der Waals surface area contributed by atoms with Gasteiger partial charge >= 0.3 is 5.97 Å². The van der Waals surface area contributed by atoms with E-state index < -0.39 is 22.9 Å². The van der Waals surface area contributed by atoms with Crippen molar-refractivity contribution in [2.75, 3.05) is 21.3 Å². The number of esters is 1. The fourth-order valence-corrected chi connectivity index (χ4v) is 2.70. The molecule has 3 rings (SSSR count). The van der Waals surface area contributed by atoms with Crippen LogP contribution in [0.25, 0.3) is 21.9 Å². The van der Waals surface area contributed by atoms with Crippen LogP contribution in [0.2, 0.25) is 0 Å². The van der Waals surface area contributed by atoms with Crippen LogP contribution in [-0.2, 0) is 4.74 Å². The van der Waals surface area contributed by atoms with Gasteiger partial charge in [-0.2, -0.15) is 0 Å². The maximum atomic E-state index is 13.0. The Kier molecular flexibility index (Phi) is 3.88. The Balaban J connectivity index is 2.61. The lowest BCUT2D eigenvalue weighted by atomic mass is 10.0. The maximum absolute atomic E-state index is 13.0. The summed E-state index contributed by atoms with van der Waals surface area (Å²) in [6.07, 6.45) is 0. The molecule has 8 nitrogen and oxygen atoms in total. The van der Waals surface area contributed by atoms with Crippen LogP contribution < -0.4 is 14.9 Å². The quantitative estimate of drug-likeness (QED) is 0.547. The fraction of sp³-hybridized carbons (Fsp3) is 0.176. The number of benzene rings is 2. The van der Waals surface area contributed by atoms with E-state index in [-0.39, 0.29) is 39.0 Å². The Morgan fingerprint density at radius 2 is 1.76 bits per heavy atom. The molecule has 8 heteroatoms. The Hall–Kier alpha value is -3.42. The third-order valence-electron chi connectivity index (χ3n) is 3.81. The Morgan fingerprint density at radius 1 is 1.04 bits per heavy atom. The average Bonchev–Trinajstić information content (AvgIpc) is 2.60. The van der Waals surface area contributed by atoms with Gasteiger partial charge in [-0.15, -0.1) is 0 Å². The molecular weight excluding hydrogens is 332 g/mol. The van der Waals surface area contributed by atoms with E-state index in [1.807, 2.05) is 0 Å². The minimum absolute atomic E-state index is 0.0548. The molecule has 0 radical (unpaired) electrons. The Morgan fingerprint density at radius 3 is 2.36 bits per heavy atom. The second kappa shape index (κ2) is 5.90. The van der Waals surface area contributed by atoms with Gasteiger partial charge in [0, 0.05) is 6.07 Å². The van der Waals surface area contributed by atoms with Gasteiger partial charge in [-0.25, -0.2) is 4.79 Å². The molecule has 2 aromatic carbocycles. The largest absolute Gasteiger partial charge is 0.504 e. The highest BCUT2D eigenvalue weighted by Crippen LogP contribution is 2.39. The number of methoxy groups -OCH3 is 3. The molecule has 0 fully saturated rings. The number of aromatic hydroxyl groups is 2. The minimum Gasteiger partial charge on any atom is -0.504 e. The van der Waals surface area contributed by atoms with Crippen LogP contribution in [-0.4, -0.2) is 37.5 Å². The standard InChI is InChI=1S/C17H14O8/c1-22-9-5-4-8-12(14(9)19)15(20)11-10(25-8)6-7(18)16(23-2)13(11)17(21)24-3/h4-6,18-19H,1-3H3. The highest BCUT2D eigenvalue weighted by Gasteiger charge is 2.26. The van der Waals surface area contributed by atoms with E-state index in [1.54, 1.807) is 0 Å². The molecule has 2 N–H and O–H groups in total. The summed E-state index contributed by atoms with van der Waals surface area (Å²) in [6.45, 7) is 0. The van der Waals surface area contributed by atoms with Gasteiger partial charge in [-0.1, -0.05) is 0 Å². The molecule has 25 heavy (non-hydrogen) atoms. The number of hydrogen-bond acceptors (Lipinski definition) is 8. The van der Waals surface area contributed by atoms with E-state index in [0.717, 1.165) is 13.2 Å². The molecule has 0 atom stereocenters. The minimum atomic E-state index is -0.896. The number of rotatable bonds is 3. The second-order valence-corrected chi connectivity index (χ2v) is 5.09. The van der Waals surface area contributed by atoms with Gasteiger partial charge in [0.05, 0.1) is 26.7 Å². The maximum Gasteiger partial charge on any atom is 0.342 e. The topological polar surface area (TPSA) is 115 Å². The summed E-state index contributed by atoms with van der Waals surface area (Å²) in [7, 11) is 3.70. The normalized spacial score (nSPS) is 10.8. The van der Waals surface area contributed by atoms with Gasteiger partial charge in [0.1, 0.15) is 22.1 Å². The Labute approximate surface area is 140 Å². The molecule has 0 spiro atoms. The number of carbonyl (C=O) groups is 1. The zero-order chi connectivity index (χ0) is 18.3. The van der Waals surface area contributed by atoms with Crippen molar-refractivity contribution in [3.63, 3.8) is 0 Å². The molecule has 1 heterocycles. The van der Waals surface area contributed by atoms with Gasteiger partial charge in [-0.3, -0.25) is 4.79 Å². The van der Waals surface area contributed by atoms with Gasteiger partial charge < -0.3 is 28.8 Å². The molecule has 0 amide bonds. The van der Waals surface area contributed by atoms with Gasteiger partial charge in [0.25, 0.3) is 0 Å². The molecule has 1 aromatic heterocycles. The van der Waals surface area contributed by atoms with E-state index >= 15 is 0 Å².